The molecule has 0 fully saturated rings. The Morgan fingerprint density at radius 1 is 1.00 bits per heavy atom. The summed E-state index contributed by atoms with van der Waals surface area (Å²) in [5.41, 5.74) is 7.21. The number of benzene rings is 2. The topological polar surface area (TPSA) is 121 Å². The number of aromatic nitrogens is 7. The first-order valence-electron chi connectivity index (χ1n) is 10.7. The number of nitrogens with one attached hydrogen (secondary N) is 2. The van der Waals surface area contributed by atoms with E-state index in [1.54, 1.807) is 10.9 Å². The summed E-state index contributed by atoms with van der Waals surface area (Å²) in [5, 5.41) is 19.1. The van der Waals surface area contributed by atoms with Gasteiger partial charge in [-0.15, -0.1) is 0 Å². The third kappa shape index (κ3) is 3.25. The lowest BCUT2D eigenvalue weighted by atomic mass is 10.1. The molecule has 0 saturated carbocycles. The van der Waals surface area contributed by atoms with E-state index < -0.39 is 0 Å². The van der Waals surface area contributed by atoms with Crippen LogP contribution in [-0.2, 0) is 13.6 Å². The van der Waals surface area contributed by atoms with Crippen molar-refractivity contribution in [3.8, 4) is 28.6 Å². The van der Waals surface area contributed by atoms with Crippen molar-refractivity contribution in [3.05, 3.63) is 88.6 Å². The summed E-state index contributed by atoms with van der Waals surface area (Å²) < 4.78 is 3.67. The van der Waals surface area contributed by atoms with E-state index in [4.69, 9.17) is 10.4 Å². The van der Waals surface area contributed by atoms with Crippen molar-refractivity contribution in [2.24, 2.45) is 7.05 Å². The fourth-order valence-corrected chi connectivity index (χ4v) is 4.24. The van der Waals surface area contributed by atoms with E-state index >= 15 is 0 Å². The van der Waals surface area contributed by atoms with Crippen LogP contribution in [0.2, 0.25) is 0 Å². The van der Waals surface area contributed by atoms with Crippen LogP contribution in [0.3, 0.4) is 0 Å². The highest BCUT2D eigenvalue weighted by atomic mass is 16.1. The number of aromatic amines is 2. The van der Waals surface area contributed by atoms with Crippen LogP contribution in [0.1, 0.15) is 11.1 Å². The lowest BCUT2D eigenvalue weighted by Crippen LogP contribution is -2.04. The van der Waals surface area contributed by atoms with Gasteiger partial charge >= 0.3 is 5.69 Å². The highest BCUT2D eigenvalue weighted by Gasteiger charge is 2.16. The largest absolute Gasteiger partial charge is 0.323 e. The zero-order valence-electron chi connectivity index (χ0n) is 18.1. The van der Waals surface area contributed by atoms with E-state index in [-0.39, 0.29) is 5.69 Å². The van der Waals surface area contributed by atoms with E-state index in [0.29, 0.717) is 12.1 Å². The molecule has 9 nitrogen and oxygen atoms in total. The number of hydrogen-bond donors (Lipinski definition) is 2. The molecular formula is C25H18N8O. The molecule has 164 valence electrons. The number of rotatable bonds is 4. The normalized spacial score (nSPS) is 11.3. The number of fused-ring (bicyclic) bond motifs is 2. The van der Waals surface area contributed by atoms with E-state index in [1.807, 2.05) is 66.5 Å². The molecule has 34 heavy (non-hydrogen) atoms. The van der Waals surface area contributed by atoms with Gasteiger partial charge in [-0.3, -0.25) is 4.68 Å². The fourth-order valence-electron chi connectivity index (χ4n) is 4.24. The molecule has 6 aromatic rings. The average Bonchev–Trinajstić information content (AvgIpc) is 3.55. The van der Waals surface area contributed by atoms with E-state index in [0.717, 1.165) is 50.1 Å². The maximum Gasteiger partial charge on any atom is 0.323 e. The molecular weight excluding hydrogens is 428 g/mol. The Kier molecular flexibility index (Phi) is 4.38. The molecule has 0 bridgehead atoms. The first-order valence-corrected chi connectivity index (χ1v) is 10.7. The van der Waals surface area contributed by atoms with Gasteiger partial charge in [-0.05, 0) is 42.0 Å². The molecule has 2 aromatic carbocycles. The predicted molar refractivity (Wildman–Crippen MR) is 128 cm³/mol. The number of nitrogens with zero attached hydrogens (tertiary/aromatic N) is 6. The molecule has 0 aliphatic heterocycles. The first kappa shape index (κ1) is 19.7. The van der Waals surface area contributed by atoms with Crippen LogP contribution < -0.4 is 5.69 Å². The van der Waals surface area contributed by atoms with Gasteiger partial charge in [0.1, 0.15) is 5.69 Å². The van der Waals surface area contributed by atoms with Gasteiger partial charge in [-0.25, -0.2) is 14.5 Å². The van der Waals surface area contributed by atoms with Crippen LogP contribution in [0.5, 0.6) is 0 Å². The van der Waals surface area contributed by atoms with Crippen molar-refractivity contribution in [2.45, 2.75) is 6.54 Å². The third-order valence-electron chi connectivity index (χ3n) is 5.90. The van der Waals surface area contributed by atoms with E-state index in [2.05, 4.69) is 32.2 Å². The zero-order valence-corrected chi connectivity index (χ0v) is 18.1. The molecule has 2 N–H and O–H groups in total. The second-order valence-corrected chi connectivity index (χ2v) is 8.09. The number of H-pyrrole nitrogens is 2. The molecule has 6 rings (SSSR count). The van der Waals surface area contributed by atoms with Crippen LogP contribution in [0.4, 0.5) is 0 Å². The Bertz CT molecular complexity index is 1780. The van der Waals surface area contributed by atoms with Crippen molar-refractivity contribution in [2.75, 3.05) is 0 Å². The molecule has 4 aromatic heterocycles. The highest BCUT2D eigenvalue weighted by molar-refractivity contribution is 5.95. The van der Waals surface area contributed by atoms with Crippen molar-refractivity contribution in [1.82, 2.24) is 34.5 Å². The minimum Gasteiger partial charge on any atom is -0.306 e. The first-order chi connectivity index (χ1) is 16.6. The zero-order chi connectivity index (χ0) is 23.2. The minimum absolute atomic E-state index is 0.238. The summed E-state index contributed by atoms with van der Waals surface area (Å²) in [6.45, 7) is 0.573. The van der Waals surface area contributed by atoms with Gasteiger partial charge in [-0.2, -0.15) is 15.5 Å². The van der Waals surface area contributed by atoms with Gasteiger partial charge in [0.15, 0.2) is 5.65 Å². The predicted octanol–water partition coefficient (Wildman–Crippen LogP) is 3.59. The number of nitriles is 1. The monoisotopic (exact) mass is 446 g/mol. The summed E-state index contributed by atoms with van der Waals surface area (Å²) in [6, 6.07) is 19.4. The standard InChI is InChI=1S/C25H18N8O/c1-32-24-19(23(31-32)17-6-7-20-21(11-17)30-25(34)29-20)10-18(13-27-24)22-8-9-28-33(22)14-16-4-2-15(12-26)3-5-16/h2-11,13H,14H2,1H3,(H2,29,30,34). The van der Waals surface area contributed by atoms with Gasteiger partial charge in [0.2, 0.25) is 0 Å². The molecule has 0 saturated heterocycles. The summed E-state index contributed by atoms with van der Waals surface area (Å²) in [4.78, 5) is 21.9. The van der Waals surface area contributed by atoms with Gasteiger partial charge in [0.25, 0.3) is 0 Å². The fraction of sp³-hybridized carbons (Fsp3) is 0.0800. The maximum atomic E-state index is 11.7. The molecule has 4 heterocycles. The summed E-state index contributed by atoms with van der Waals surface area (Å²) >= 11 is 0. The van der Waals surface area contributed by atoms with Crippen molar-refractivity contribution < 1.29 is 0 Å². The number of pyridine rings is 1. The van der Waals surface area contributed by atoms with Crippen molar-refractivity contribution in [1.29, 1.82) is 5.26 Å². The summed E-state index contributed by atoms with van der Waals surface area (Å²) in [6.07, 6.45) is 3.59. The van der Waals surface area contributed by atoms with Gasteiger partial charge in [0.05, 0.1) is 34.9 Å². The second-order valence-electron chi connectivity index (χ2n) is 8.09. The Balaban J connectivity index is 1.43. The smallest absolute Gasteiger partial charge is 0.306 e. The minimum atomic E-state index is -0.238. The quantitative estimate of drug-likeness (QED) is 0.429. The molecule has 0 aliphatic carbocycles. The van der Waals surface area contributed by atoms with E-state index in [9.17, 15) is 4.79 Å². The van der Waals surface area contributed by atoms with Crippen LogP contribution in [0.25, 0.3) is 44.6 Å². The Hall–Kier alpha value is -4.97. The molecule has 0 atom stereocenters. The molecule has 0 amide bonds. The van der Waals surface area contributed by atoms with Gasteiger partial charge in [0, 0.05) is 36.0 Å². The maximum absolute atomic E-state index is 11.7. The van der Waals surface area contributed by atoms with Crippen LogP contribution >= 0.6 is 0 Å². The molecule has 0 unspecified atom stereocenters. The lowest BCUT2D eigenvalue weighted by molar-refractivity contribution is 0.694. The van der Waals surface area contributed by atoms with Gasteiger partial charge < -0.3 is 9.97 Å². The number of hydrogen-bond acceptors (Lipinski definition) is 5. The Morgan fingerprint density at radius 2 is 1.82 bits per heavy atom. The molecule has 9 heteroatoms. The van der Waals surface area contributed by atoms with Crippen molar-refractivity contribution in [3.63, 3.8) is 0 Å². The SMILES string of the molecule is Cn1nc(-c2ccc3[nH]c(=O)[nH]c3c2)c2cc(-c3ccnn3Cc3ccc(C#N)cc3)cnc21. The average molecular weight is 446 g/mol. The Labute approximate surface area is 192 Å². The number of imidazole rings is 1. The Morgan fingerprint density at radius 3 is 2.65 bits per heavy atom. The van der Waals surface area contributed by atoms with Crippen LogP contribution in [0.15, 0.2) is 71.8 Å². The molecule has 0 spiro atoms. The molecule has 0 radical (unpaired) electrons. The summed E-state index contributed by atoms with van der Waals surface area (Å²) in [5.74, 6) is 0. The second kappa shape index (κ2) is 7.56. The molecule has 0 aliphatic rings. The highest BCUT2D eigenvalue weighted by Crippen LogP contribution is 2.31. The van der Waals surface area contributed by atoms with Crippen molar-refractivity contribution >= 4 is 22.1 Å². The lowest BCUT2D eigenvalue weighted by Gasteiger charge is -2.08. The van der Waals surface area contributed by atoms with Gasteiger partial charge in [-0.1, -0.05) is 18.2 Å². The third-order valence-corrected chi connectivity index (χ3v) is 5.90. The number of aryl methyl sites for hydroxylation is 1. The van der Waals surface area contributed by atoms with E-state index in [1.165, 1.54) is 0 Å². The summed E-state index contributed by atoms with van der Waals surface area (Å²) in [7, 11) is 1.87. The van der Waals surface area contributed by atoms with Crippen LogP contribution in [0, 0.1) is 11.3 Å². The van der Waals surface area contributed by atoms with Crippen LogP contribution in [-0.4, -0.2) is 34.5 Å².